The first kappa shape index (κ1) is 16.1. The van der Waals surface area contributed by atoms with Crippen molar-refractivity contribution in [2.24, 2.45) is 5.73 Å². The standard InChI is InChI=1S/C18H23NOS/c1-14(13-20)21-18(16-10-6-3-7-11-16)17(19)12-15-8-4-2-5-9-15/h2-11,14,17-18,20H,12-13,19H2,1H3. The van der Waals surface area contributed by atoms with Crippen LogP contribution in [0.2, 0.25) is 0 Å². The SMILES string of the molecule is CC(CO)SC(c1ccccc1)C(N)Cc1ccccc1. The van der Waals surface area contributed by atoms with Crippen LogP contribution in [0.4, 0.5) is 0 Å². The fourth-order valence-electron chi connectivity index (χ4n) is 2.36. The molecule has 0 heterocycles. The summed E-state index contributed by atoms with van der Waals surface area (Å²) in [6.07, 6.45) is 0.839. The number of aliphatic hydroxyl groups is 1. The quantitative estimate of drug-likeness (QED) is 0.824. The van der Waals surface area contributed by atoms with Crippen LogP contribution in [-0.2, 0) is 6.42 Å². The Morgan fingerprint density at radius 3 is 2.14 bits per heavy atom. The zero-order valence-corrected chi connectivity index (χ0v) is 13.2. The van der Waals surface area contributed by atoms with Crippen molar-refractivity contribution >= 4 is 11.8 Å². The maximum atomic E-state index is 9.34. The van der Waals surface area contributed by atoms with Crippen molar-refractivity contribution in [3.05, 3.63) is 71.8 Å². The molecule has 3 heteroatoms. The molecule has 0 bridgehead atoms. The van der Waals surface area contributed by atoms with Crippen molar-refractivity contribution in [2.45, 2.75) is 29.9 Å². The molecule has 0 fully saturated rings. The van der Waals surface area contributed by atoms with Crippen LogP contribution in [0, 0.1) is 0 Å². The molecule has 0 aliphatic carbocycles. The minimum atomic E-state index is 0.0220. The molecule has 2 aromatic rings. The van der Waals surface area contributed by atoms with Crippen molar-refractivity contribution in [3.63, 3.8) is 0 Å². The van der Waals surface area contributed by atoms with Crippen LogP contribution in [0.1, 0.15) is 23.3 Å². The number of hydrogen-bond donors (Lipinski definition) is 2. The molecule has 3 unspecified atom stereocenters. The summed E-state index contributed by atoms with van der Waals surface area (Å²) in [6.45, 7) is 2.21. The lowest BCUT2D eigenvalue weighted by molar-refractivity contribution is 0.299. The van der Waals surface area contributed by atoms with Gasteiger partial charge in [-0.05, 0) is 17.5 Å². The topological polar surface area (TPSA) is 46.2 Å². The molecule has 0 spiro atoms. The lowest BCUT2D eigenvalue weighted by atomic mass is 9.99. The van der Waals surface area contributed by atoms with Crippen LogP contribution in [0.15, 0.2) is 60.7 Å². The third-order valence-electron chi connectivity index (χ3n) is 3.47. The van der Waals surface area contributed by atoms with Crippen LogP contribution in [0.5, 0.6) is 0 Å². The summed E-state index contributed by atoms with van der Waals surface area (Å²) >= 11 is 1.75. The molecule has 0 saturated heterocycles. The molecular weight excluding hydrogens is 278 g/mol. The van der Waals surface area contributed by atoms with Gasteiger partial charge in [-0.3, -0.25) is 0 Å². The number of nitrogens with two attached hydrogens (primary N) is 1. The van der Waals surface area contributed by atoms with Gasteiger partial charge < -0.3 is 10.8 Å². The Hall–Kier alpha value is -1.29. The van der Waals surface area contributed by atoms with E-state index in [9.17, 15) is 5.11 Å². The van der Waals surface area contributed by atoms with E-state index in [1.807, 2.05) is 43.3 Å². The molecule has 0 amide bonds. The minimum Gasteiger partial charge on any atom is -0.395 e. The van der Waals surface area contributed by atoms with E-state index in [1.54, 1.807) is 11.8 Å². The lowest BCUT2D eigenvalue weighted by Gasteiger charge is -2.26. The number of thioether (sulfide) groups is 1. The summed E-state index contributed by atoms with van der Waals surface area (Å²) in [5.41, 5.74) is 8.96. The zero-order valence-electron chi connectivity index (χ0n) is 12.4. The van der Waals surface area contributed by atoms with Gasteiger partial charge in [-0.15, -0.1) is 11.8 Å². The molecule has 2 aromatic carbocycles. The summed E-state index contributed by atoms with van der Waals surface area (Å²) < 4.78 is 0. The maximum Gasteiger partial charge on any atom is 0.0547 e. The van der Waals surface area contributed by atoms with E-state index in [4.69, 9.17) is 5.73 Å². The Morgan fingerprint density at radius 2 is 1.57 bits per heavy atom. The first-order chi connectivity index (χ1) is 10.2. The van der Waals surface area contributed by atoms with Gasteiger partial charge in [-0.25, -0.2) is 0 Å². The van der Waals surface area contributed by atoms with Crippen LogP contribution >= 0.6 is 11.8 Å². The zero-order chi connectivity index (χ0) is 15.1. The van der Waals surface area contributed by atoms with Crippen molar-refractivity contribution in [1.82, 2.24) is 0 Å². The van der Waals surface area contributed by atoms with E-state index in [-0.39, 0.29) is 23.1 Å². The van der Waals surface area contributed by atoms with Gasteiger partial charge in [0.1, 0.15) is 0 Å². The monoisotopic (exact) mass is 301 g/mol. The van der Waals surface area contributed by atoms with Gasteiger partial charge in [0.2, 0.25) is 0 Å². The largest absolute Gasteiger partial charge is 0.395 e. The van der Waals surface area contributed by atoms with Gasteiger partial charge in [0.05, 0.1) is 6.61 Å². The Kier molecular flexibility index (Phi) is 6.30. The average molecular weight is 301 g/mol. The number of benzene rings is 2. The van der Waals surface area contributed by atoms with Gasteiger partial charge in [0.25, 0.3) is 0 Å². The van der Waals surface area contributed by atoms with Gasteiger partial charge in [0, 0.05) is 16.5 Å². The van der Waals surface area contributed by atoms with Gasteiger partial charge in [-0.1, -0.05) is 67.6 Å². The van der Waals surface area contributed by atoms with Crippen molar-refractivity contribution in [3.8, 4) is 0 Å². The fourth-order valence-corrected chi connectivity index (χ4v) is 3.55. The highest BCUT2D eigenvalue weighted by molar-refractivity contribution is 8.00. The summed E-state index contributed by atoms with van der Waals surface area (Å²) in [4.78, 5) is 0. The number of rotatable bonds is 7. The number of aliphatic hydroxyl groups excluding tert-OH is 1. The molecule has 0 radical (unpaired) electrons. The summed E-state index contributed by atoms with van der Waals surface area (Å²) in [5.74, 6) is 0. The minimum absolute atomic E-state index is 0.0220. The van der Waals surface area contributed by atoms with E-state index in [0.29, 0.717) is 0 Å². The predicted octanol–water partition coefficient (Wildman–Crippen LogP) is 3.41. The summed E-state index contributed by atoms with van der Waals surface area (Å²) in [6, 6.07) is 20.7. The summed E-state index contributed by atoms with van der Waals surface area (Å²) in [7, 11) is 0. The molecule has 0 saturated carbocycles. The Bertz CT molecular complexity index is 517. The second-order valence-electron chi connectivity index (χ2n) is 5.31. The van der Waals surface area contributed by atoms with Crippen LogP contribution < -0.4 is 5.73 Å². The van der Waals surface area contributed by atoms with E-state index in [2.05, 4.69) is 24.3 Å². The van der Waals surface area contributed by atoms with Gasteiger partial charge in [-0.2, -0.15) is 0 Å². The molecular formula is C18H23NOS. The van der Waals surface area contributed by atoms with Gasteiger partial charge in [0.15, 0.2) is 0 Å². The Balaban J connectivity index is 2.14. The first-order valence-corrected chi connectivity index (χ1v) is 8.25. The third-order valence-corrected chi connectivity index (χ3v) is 5.00. The molecule has 2 rings (SSSR count). The number of hydrogen-bond acceptors (Lipinski definition) is 3. The molecule has 112 valence electrons. The maximum absolute atomic E-state index is 9.34. The second kappa shape index (κ2) is 8.23. The van der Waals surface area contributed by atoms with Crippen molar-refractivity contribution in [1.29, 1.82) is 0 Å². The van der Waals surface area contributed by atoms with E-state index in [0.717, 1.165) is 6.42 Å². The van der Waals surface area contributed by atoms with Crippen molar-refractivity contribution in [2.75, 3.05) is 6.61 Å². The molecule has 21 heavy (non-hydrogen) atoms. The summed E-state index contributed by atoms with van der Waals surface area (Å²) in [5, 5.41) is 9.71. The van der Waals surface area contributed by atoms with Crippen molar-refractivity contribution < 1.29 is 5.11 Å². The molecule has 0 aliphatic heterocycles. The smallest absolute Gasteiger partial charge is 0.0547 e. The van der Waals surface area contributed by atoms with E-state index < -0.39 is 0 Å². The average Bonchev–Trinajstić information content (AvgIpc) is 2.54. The molecule has 3 N–H and O–H groups in total. The molecule has 2 nitrogen and oxygen atoms in total. The van der Waals surface area contributed by atoms with E-state index in [1.165, 1.54) is 11.1 Å². The van der Waals surface area contributed by atoms with Crippen LogP contribution in [0.3, 0.4) is 0 Å². The molecule has 0 aromatic heterocycles. The lowest BCUT2D eigenvalue weighted by Crippen LogP contribution is -2.30. The molecule has 3 atom stereocenters. The third kappa shape index (κ3) is 4.88. The second-order valence-corrected chi connectivity index (χ2v) is 6.90. The highest BCUT2D eigenvalue weighted by Gasteiger charge is 2.22. The first-order valence-electron chi connectivity index (χ1n) is 7.31. The highest BCUT2D eigenvalue weighted by Crippen LogP contribution is 2.35. The highest BCUT2D eigenvalue weighted by atomic mass is 32.2. The normalized spacial score (nSPS) is 15.4. The predicted molar refractivity (Wildman–Crippen MR) is 91.4 cm³/mol. The van der Waals surface area contributed by atoms with Crippen LogP contribution in [-0.4, -0.2) is 23.0 Å². The van der Waals surface area contributed by atoms with E-state index >= 15 is 0 Å². The fraction of sp³-hybridized carbons (Fsp3) is 0.333. The Labute approximate surface area is 131 Å². The Morgan fingerprint density at radius 1 is 1.00 bits per heavy atom. The molecule has 0 aliphatic rings. The van der Waals surface area contributed by atoms with Crippen LogP contribution in [0.25, 0.3) is 0 Å². The van der Waals surface area contributed by atoms with Gasteiger partial charge >= 0.3 is 0 Å².